The molecule has 1 saturated carbocycles. The monoisotopic (exact) mass is 322 g/mol. The second-order valence-electron chi connectivity index (χ2n) is 6.35. The van der Waals surface area contributed by atoms with E-state index in [1.807, 2.05) is 19.0 Å². The smallest absolute Gasteiger partial charge is 0.331 e. The van der Waals surface area contributed by atoms with Crippen molar-refractivity contribution in [2.24, 2.45) is 4.99 Å². The molecule has 0 spiro atoms. The molecule has 1 aliphatic rings. The van der Waals surface area contributed by atoms with Crippen LogP contribution in [0.5, 0.6) is 5.88 Å². The van der Waals surface area contributed by atoms with E-state index in [4.69, 9.17) is 0 Å². The molecule has 0 aromatic carbocycles. The summed E-state index contributed by atoms with van der Waals surface area (Å²) in [4.78, 5) is 32.6. The van der Waals surface area contributed by atoms with Gasteiger partial charge in [0.05, 0.1) is 6.54 Å². The standard InChI is InChI=1S/C16H26N4O3/c1-19(2)10-9-17-11-13-14(21)18-16(23)20(15(13)22)12-7-5-3-4-6-8-12/h11-12,22H,3-10H2,1-2H3,(H,18,21,23). The van der Waals surface area contributed by atoms with Crippen LogP contribution in [0.3, 0.4) is 0 Å². The van der Waals surface area contributed by atoms with Crippen LogP contribution in [0.1, 0.15) is 50.1 Å². The Kier molecular flexibility index (Phi) is 6.15. The fourth-order valence-corrected chi connectivity index (χ4v) is 2.94. The van der Waals surface area contributed by atoms with Gasteiger partial charge in [-0.25, -0.2) is 4.79 Å². The first-order valence-electron chi connectivity index (χ1n) is 8.23. The topological polar surface area (TPSA) is 90.7 Å². The summed E-state index contributed by atoms with van der Waals surface area (Å²) in [7, 11) is 3.87. The van der Waals surface area contributed by atoms with Crippen LogP contribution in [-0.4, -0.2) is 53.0 Å². The van der Waals surface area contributed by atoms with Gasteiger partial charge in [-0.1, -0.05) is 25.7 Å². The van der Waals surface area contributed by atoms with E-state index in [9.17, 15) is 14.7 Å². The number of rotatable bonds is 5. The largest absolute Gasteiger partial charge is 0.494 e. The molecule has 2 N–H and O–H groups in total. The van der Waals surface area contributed by atoms with E-state index in [2.05, 4.69) is 9.98 Å². The second-order valence-corrected chi connectivity index (χ2v) is 6.35. The first-order valence-corrected chi connectivity index (χ1v) is 8.23. The zero-order valence-electron chi connectivity index (χ0n) is 13.9. The minimum absolute atomic E-state index is 0.0595. The molecule has 1 aliphatic carbocycles. The molecule has 0 saturated heterocycles. The molecule has 23 heavy (non-hydrogen) atoms. The van der Waals surface area contributed by atoms with Gasteiger partial charge in [-0.2, -0.15) is 0 Å². The average Bonchev–Trinajstić information content (AvgIpc) is 2.75. The molecule has 0 unspecified atom stereocenters. The van der Waals surface area contributed by atoms with Gasteiger partial charge in [-0.05, 0) is 26.9 Å². The number of aliphatic imine (C=N–C) groups is 1. The number of aromatic amines is 1. The van der Waals surface area contributed by atoms with E-state index < -0.39 is 11.2 Å². The van der Waals surface area contributed by atoms with Crippen LogP contribution < -0.4 is 11.2 Å². The van der Waals surface area contributed by atoms with Gasteiger partial charge < -0.3 is 10.0 Å². The molecule has 1 aromatic rings. The summed E-state index contributed by atoms with van der Waals surface area (Å²) in [5, 5.41) is 10.4. The number of aromatic hydroxyl groups is 1. The van der Waals surface area contributed by atoms with Gasteiger partial charge in [0.1, 0.15) is 5.56 Å². The first kappa shape index (κ1) is 17.5. The molecular weight excluding hydrogens is 296 g/mol. The lowest BCUT2D eigenvalue weighted by molar-refractivity contribution is 0.339. The zero-order chi connectivity index (χ0) is 16.8. The van der Waals surface area contributed by atoms with Gasteiger partial charge in [0.25, 0.3) is 5.56 Å². The van der Waals surface area contributed by atoms with Gasteiger partial charge in [-0.3, -0.25) is 19.3 Å². The van der Waals surface area contributed by atoms with E-state index in [0.29, 0.717) is 6.54 Å². The molecule has 7 heteroatoms. The molecule has 0 radical (unpaired) electrons. The predicted octanol–water partition coefficient (Wildman–Crippen LogP) is 1.12. The number of H-pyrrole nitrogens is 1. The lowest BCUT2D eigenvalue weighted by atomic mass is 10.1. The highest BCUT2D eigenvalue weighted by Crippen LogP contribution is 2.28. The van der Waals surface area contributed by atoms with E-state index in [1.165, 1.54) is 10.8 Å². The SMILES string of the molecule is CN(C)CCN=Cc1c(O)n(C2CCCCCC2)c(=O)[nH]c1=O. The van der Waals surface area contributed by atoms with Crippen molar-refractivity contribution in [3.8, 4) is 5.88 Å². The number of hydrogen-bond donors (Lipinski definition) is 2. The first-order chi connectivity index (χ1) is 11.0. The second kappa shape index (κ2) is 8.10. The van der Waals surface area contributed by atoms with E-state index in [0.717, 1.165) is 45.1 Å². The van der Waals surface area contributed by atoms with Gasteiger partial charge >= 0.3 is 5.69 Å². The van der Waals surface area contributed by atoms with E-state index in [1.54, 1.807) is 0 Å². The van der Waals surface area contributed by atoms with Crippen molar-refractivity contribution in [3.63, 3.8) is 0 Å². The van der Waals surface area contributed by atoms with Crippen molar-refractivity contribution < 1.29 is 5.11 Å². The Morgan fingerprint density at radius 2 is 1.91 bits per heavy atom. The fourth-order valence-electron chi connectivity index (χ4n) is 2.94. The molecule has 0 aliphatic heterocycles. The lowest BCUT2D eigenvalue weighted by Crippen LogP contribution is -2.34. The lowest BCUT2D eigenvalue weighted by Gasteiger charge is -2.19. The zero-order valence-corrected chi connectivity index (χ0v) is 13.9. The summed E-state index contributed by atoms with van der Waals surface area (Å²) in [6.45, 7) is 1.27. The highest BCUT2D eigenvalue weighted by molar-refractivity contribution is 5.81. The number of nitrogens with one attached hydrogen (secondary N) is 1. The maximum atomic E-state index is 12.1. The Morgan fingerprint density at radius 1 is 1.26 bits per heavy atom. The summed E-state index contributed by atoms with van der Waals surface area (Å²) in [5.41, 5.74) is -1.07. The van der Waals surface area contributed by atoms with Crippen LogP contribution in [0.2, 0.25) is 0 Å². The Labute approximate surface area is 135 Å². The van der Waals surface area contributed by atoms with Crippen molar-refractivity contribution >= 4 is 6.21 Å². The third-order valence-corrected chi connectivity index (χ3v) is 4.24. The van der Waals surface area contributed by atoms with Crippen molar-refractivity contribution in [3.05, 3.63) is 26.4 Å². The molecule has 2 rings (SSSR count). The average molecular weight is 322 g/mol. The third-order valence-electron chi connectivity index (χ3n) is 4.24. The maximum Gasteiger partial charge on any atom is 0.331 e. The molecule has 1 fully saturated rings. The molecule has 128 valence electrons. The summed E-state index contributed by atoms with van der Waals surface area (Å²) < 4.78 is 1.33. The maximum absolute atomic E-state index is 12.1. The van der Waals surface area contributed by atoms with E-state index >= 15 is 0 Å². The highest BCUT2D eigenvalue weighted by Gasteiger charge is 2.21. The third kappa shape index (κ3) is 4.54. The summed E-state index contributed by atoms with van der Waals surface area (Å²) in [5.74, 6) is -0.265. The normalized spacial score (nSPS) is 17.0. The highest BCUT2D eigenvalue weighted by atomic mass is 16.3. The Balaban J connectivity index is 2.31. The summed E-state index contributed by atoms with van der Waals surface area (Å²) in [6.07, 6.45) is 7.41. The summed E-state index contributed by atoms with van der Waals surface area (Å²) >= 11 is 0. The van der Waals surface area contributed by atoms with Gasteiger partial charge in [-0.15, -0.1) is 0 Å². The Bertz CT molecular complexity index is 652. The summed E-state index contributed by atoms with van der Waals surface area (Å²) in [6, 6.07) is -0.0595. The van der Waals surface area contributed by atoms with Crippen LogP contribution in [0.15, 0.2) is 14.6 Å². The molecular formula is C16H26N4O3. The van der Waals surface area contributed by atoms with Crippen LogP contribution in [0, 0.1) is 0 Å². The van der Waals surface area contributed by atoms with Crippen molar-refractivity contribution in [2.75, 3.05) is 27.2 Å². The molecule has 0 bridgehead atoms. The van der Waals surface area contributed by atoms with Crippen molar-refractivity contribution in [2.45, 2.75) is 44.6 Å². The number of hydrogen-bond acceptors (Lipinski definition) is 5. The van der Waals surface area contributed by atoms with Gasteiger partial charge in [0, 0.05) is 18.8 Å². The number of likely N-dealkylation sites (N-methyl/N-ethyl adjacent to an activating group) is 1. The quantitative estimate of drug-likeness (QED) is 0.628. The minimum Gasteiger partial charge on any atom is -0.494 e. The van der Waals surface area contributed by atoms with Crippen LogP contribution in [0.4, 0.5) is 0 Å². The molecule has 0 amide bonds. The van der Waals surface area contributed by atoms with Gasteiger partial charge in [0.2, 0.25) is 5.88 Å². The molecule has 1 heterocycles. The number of aromatic nitrogens is 2. The van der Waals surface area contributed by atoms with Gasteiger partial charge in [0.15, 0.2) is 0 Å². The van der Waals surface area contributed by atoms with E-state index in [-0.39, 0.29) is 17.5 Å². The van der Waals surface area contributed by atoms with Crippen LogP contribution in [-0.2, 0) is 0 Å². The Hall–Kier alpha value is -1.89. The number of nitrogens with zero attached hydrogens (tertiary/aromatic N) is 3. The van der Waals surface area contributed by atoms with Crippen LogP contribution in [0.25, 0.3) is 0 Å². The van der Waals surface area contributed by atoms with Crippen molar-refractivity contribution in [1.29, 1.82) is 0 Å². The predicted molar refractivity (Wildman–Crippen MR) is 90.7 cm³/mol. The Morgan fingerprint density at radius 3 is 2.52 bits per heavy atom. The molecule has 0 atom stereocenters. The van der Waals surface area contributed by atoms with Crippen molar-refractivity contribution in [1.82, 2.24) is 14.5 Å². The molecule has 1 aromatic heterocycles. The van der Waals surface area contributed by atoms with Crippen LogP contribution >= 0.6 is 0 Å². The minimum atomic E-state index is -0.592. The molecule has 7 nitrogen and oxygen atoms in total. The fraction of sp³-hybridized carbons (Fsp3) is 0.688.